The zero-order chi connectivity index (χ0) is 16.7. The van der Waals surface area contributed by atoms with Crippen molar-refractivity contribution in [1.29, 1.82) is 0 Å². The summed E-state index contributed by atoms with van der Waals surface area (Å²) in [6.45, 7) is 0.670. The van der Waals surface area contributed by atoms with Gasteiger partial charge in [0.1, 0.15) is 0 Å². The molecule has 124 valence electrons. The van der Waals surface area contributed by atoms with Crippen molar-refractivity contribution in [2.45, 2.75) is 25.3 Å². The Balaban J connectivity index is 1.69. The predicted octanol–water partition coefficient (Wildman–Crippen LogP) is 3.71. The SMILES string of the molecule is O=C(c1ccc2nnc(C(F)F)n2c1)N1CCCC1c1cccs1. The third-order valence-electron chi connectivity index (χ3n) is 4.26. The molecule has 1 aliphatic heterocycles. The lowest BCUT2D eigenvalue weighted by molar-refractivity contribution is 0.0737. The number of nitrogens with zero attached hydrogens (tertiary/aromatic N) is 4. The molecule has 3 aromatic rings. The fourth-order valence-electron chi connectivity index (χ4n) is 3.14. The van der Waals surface area contributed by atoms with Crippen LogP contribution in [0.3, 0.4) is 0 Å². The van der Waals surface area contributed by atoms with E-state index in [4.69, 9.17) is 0 Å². The van der Waals surface area contributed by atoms with Gasteiger partial charge in [0.05, 0.1) is 11.6 Å². The number of likely N-dealkylation sites (tertiary alicyclic amines) is 1. The molecule has 0 N–H and O–H groups in total. The fourth-order valence-corrected chi connectivity index (χ4v) is 4.01. The van der Waals surface area contributed by atoms with Crippen LogP contribution >= 0.6 is 11.3 Å². The Morgan fingerprint density at radius 1 is 1.29 bits per heavy atom. The Labute approximate surface area is 140 Å². The zero-order valence-corrected chi connectivity index (χ0v) is 13.4. The van der Waals surface area contributed by atoms with Crippen LogP contribution in [-0.4, -0.2) is 31.9 Å². The quantitative estimate of drug-likeness (QED) is 0.725. The predicted molar refractivity (Wildman–Crippen MR) is 85.3 cm³/mol. The smallest absolute Gasteiger partial charge is 0.297 e. The first-order valence-electron chi connectivity index (χ1n) is 7.62. The second-order valence-corrected chi connectivity index (χ2v) is 6.66. The van der Waals surface area contributed by atoms with E-state index in [1.54, 1.807) is 23.5 Å². The molecule has 1 aliphatic rings. The molecule has 0 aromatic carbocycles. The van der Waals surface area contributed by atoms with Crippen LogP contribution in [0.4, 0.5) is 8.78 Å². The molecule has 24 heavy (non-hydrogen) atoms. The van der Waals surface area contributed by atoms with Crippen LogP contribution in [0.25, 0.3) is 5.65 Å². The van der Waals surface area contributed by atoms with Gasteiger partial charge < -0.3 is 4.90 Å². The second-order valence-electron chi connectivity index (χ2n) is 5.68. The number of amides is 1. The summed E-state index contributed by atoms with van der Waals surface area (Å²) in [5, 5.41) is 9.19. The van der Waals surface area contributed by atoms with Crippen molar-refractivity contribution in [3.63, 3.8) is 0 Å². The van der Waals surface area contributed by atoms with Crippen LogP contribution in [0.15, 0.2) is 35.8 Å². The third kappa shape index (κ3) is 2.47. The Hall–Kier alpha value is -2.35. The summed E-state index contributed by atoms with van der Waals surface area (Å²) in [5.41, 5.74) is 0.672. The van der Waals surface area contributed by atoms with Crippen LogP contribution in [0.5, 0.6) is 0 Å². The Morgan fingerprint density at radius 3 is 2.92 bits per heavy atom. The van der Waals surface area contributed by atoms with E-state index in [1.165, 1.54) is 10.6 Å². The lowest BCUT2D eigenvalue weighted by Crippen LogP contribution is -2.30. The molecular weight excluding hydrogens is 334 g/mol. The molecule has 0 bridgehead atoms. The van der Waals surface area contributed by atoms with E-state index in [0.29, 0.717) is 17.8 Å². The maximum atomic E-state index is 13.0. The Morgan fingerprint density at radius 2 is 2.17 bits per heavy atom. The molecule has 1 amide bonds. The number of fused-ring (bicyclic) bond motifs is 1. The molecule has 0 radical (unpaired) electrons. The van der Waals surface area contributed by atoms with Gasteiger partial charge in [-0.1, -0.05) is 6.07 Å². The van der Waals surface area contributed by atoms with Gasteiger partial charge in [0.15, 0.2) is 5.65 Å². The molecule has 8 heteroatoms. The molecule has 1 saturated heterocycles. The summed E-state index contributed by atoms with van der Waals surface area (Å²) in [7, 11) is 0. The van der Waals surface area contributed by atoms with Gasteiger partial charge in [0.2, 0.25) is 5.82 Å². The summed E-state index contributed by atoms with van der Waals surface area (Å²) in [5.74, 6) is -0.599. The fraction of sp³-hybridized carbons (Fsp3) is 0.312. The summed E-state index contributed by atoms with van der Waals surface area (Å²) in [6.07, 6.45) is 0.522. The number of hydrogen-bond donors (Lipinski definition) is 0. The van der Waals surface area contributed by atoms with Crippen LogP contribution in [0.2, 0.25) is 0 Å². The van der Waals surface area contributed by atoms with Gasteiger partial charge in [-0.15, -0.1) is 21.5 Å². The van der Waals surface area contributed by atoms with Crippen molar-refractivity contribution < 1.29 is 13.6 Å². The first-order valence-corrected chi connectivity index (χ1v) is 8.50. The number of hydrogen-bond acceptors (Lipinski definition) is 4. The van der Waals surface area contributed by atoms with Crippen molar-refractivity contribution in [3.8, 4) is 0 Å². The molecule has 0 saturated carbocycles. The van der Waals surface area contributed by atoms with Gasteiger partial charge in [-0.05, 0) is 36.4 Å². The van der Waals surface area contributed by atoms with Gasteiger partial charge in [0.25, 0.3) is 12.3 Å². The highest BCUT2D eigenvalue weighted by molar-refractivity contribution is 7.10. The second kappa shape index (κ2) is 5.94. The van der Waals surface area contributed by atoms with E-state index >= 15 is 0 Å². The van der Waals surface area contributed by atoms with Crippen molar-refractivity contribution >= 4 is 22.9 Å². The number of rotatable bonds is 3. The molecular formula is C16H14F2N4OS. The maximum absolute atomic E-state index is 13.0. The van der Waals surface area contributed by atoms with Crippen molar-refractivity contribution in [2.75, 3.05) is 6.54 Å². The van der Waals surface area contributed by atoms with Crippen molar-refractivity contribution in [1.82, 2.24) is 19.5 Å². The highest BCUT2D eigenvalue weighted by Crippen LogP contribution is 2.35. The van der Waals surface area contributed by atoms with Gasteiger partial charge in [-0.3, -0.25) is 9.20 Å². The standard InChI is InChI=1S/C16H14F2N4OS/c17-14(18)15-20-19-13-6-5-10(9-22(13)15)16(23)21-7-1-3-11(21)12-4-2-8-24-12/h2,4-6,8-9,11,14H,1,3,7H2. The van der Waals surface area contributed by atoms with Gasteiger partial charge in [-0.25, -0.2) is 8.78 Å². The molecule has 1 unspecified atom stereocenters. The van der Waals surface area contributed by atoms with E-state index in [9.17, 15) is 13.6 Å². The van der Waals surface area contributed by atoms with Gasteiger partial charge in [0, 0.05) is 17.6 Å². The van der Waals surface area contributed by atoms with E-state index in [1.807, 2.05) is 22.4 Å². The molecule has 5 nitrogen and oxygen atoms in total. The third-order valence-corrected chi connectivity index (χ3v) is 5.23. The average Bonchev–Trinajstić information content (AvgIpc) is 3.31. The number of alkyl halides is 2. The van der Waals surface area contributed by atoms with E-state index in [0.717, 1.165) is 17.7 Å². The monoisotopic (exact) mass is 348 g/mol. The molecule has 0 spiro atoms. The first-order chi connectivity index (χ1) is 11.6. The van der Waals surface area contributed by atoms with Crippen molar-refractivity contribution in [2.24, 2.45) is 0 Å². The Bertz CT molecular complexity index is 877. The molecule has 1 atom stereocenters. The normalized spacial score (nSPS) is 18.0. The summed E-state index contributed by atoms with van der Waals surface area (Å²) in [6, 6.07) is 7.22. The topological polar surface area (TPSA) is 50.5 Å². The molecule has 4 rings (SSSR count). The number of aromatic nitrogens is 3. The van der Waals surface area contributed by atoms with Crippen LogP contribution in [0, 0.1) is 0 Å². The minimum Gasteiger partial charge on any atom is -0.331 e. The molecule has 0 aliphatic carbocycles. The van der Waals surface area contributed by atoms with Crippen molar-refractivity contribution in [3.05, 3.63) is 52.1 Å². The first kappa shape index (κ1) is 15.2. The summed E-state index contributed by atoms with van der Waals surface area (Å²) in [4.78, 5) is 15.9. The molecule has 4 heterocycles. The van der Waals surface area contributed by atoms with Gasteiger partial charge >= 0.3 is 0 Å². The van der Waals surface area contributed by atoms with E-state index < -0.39 is 12.2 Å². The lowest BCUT2D eigenvalue weighted by Gasteiger charge is -2.24. The summed E-state index contributed by atoms with van der Waals surface area (Å²) >= 11 is 1.63. The lowest BCUT2D eigenvalue weighted by atomic mass is 10.1. The number of carbonyl (C=O) groups excluding carboxylic acids is 1. The molecule has 1 fully saturated rings. The number of halogens is 2. The summed E-state index contributed by atoms with van der Waals surface area (Å²) < 4.78 is 27.2. The van der Waals surface area contributed by atoms with E-state index in [-0.39, 0.29) is 11.9 Å². The minimum absolute atomic E-state index is 0.0590. The average molecular weight is 348 g/mol. The number of pyridine rings is 1. The molecule has 3 aromatic heterocycles. The number of thiophene rings is 1. The van der Waals surface area contributed by atoms with Crippen LogP contribution < -0.4 is 0 Å². The number of carbonyl (C=O) groups is 1. The van der Waals surface area contributed by atoms with Crippen LogP contribution in [-0.2, 0) is 0 Å². The van der Waals surface area contributed by atoms with Gasteiger partial charge in [-0.2, -0.15) is 0 Å². The zero-order valence-electron chi connectivity index (χ0n) is 12.6. The van der Waals surface area contributed by atoms with Crippen LogP contribution in [0.1, 0.15) is 46.4 Å². The highest BCUT2D eigenvalue weighted by atomic mass is 32.1. The van der Waals surface area contributed by atoms with E-state index in [2.05, 4.69) is 10.2 Å². The largest absolute Gasteiger partial charge is 0.331 e. The Kier molecular flexibility index (Phi) is 3.76. The highest BCUT2D eigenvalue weighted by Gasteiger charge is 2.31. The maximum Gasteiger partial charge on any atom is 0.297 e. The minimum atomic E-state index is -2.74.